The molecule has 3 aliphatic rings. The van der Waals surface area contributed by atoms with Gasteiger partial charge in [-0.2, -0.15) is 0 Å². The van der Waals surface area contributed by atoms with Gasteiger partial charge in [0.25, 0.3) is 0 Å². The van der Waals surface area contributed by atoms with Crippen molar-refractivity contribution in [2.24, 2.45) is 5.92 Å². The average molecular weight is 341 g/mol. The summed E-state index contributed by atoms with van der Waals surface area (Å²) in [5.74, 6) is 0.737. The van der Waals surface area contributed by atoms with Crippen LogP contribution >= 0.6 is 0 Å². The van der Waals surface area contributed by atoms with E-state index in [0.717, 1.165) is 25.7 Å². The molecule has 0 bridgehead atoms. The summed E-state index contributed by atoms with van der Waals surface area (Å²) < 4.78 is 11.8. The lowest BCUT2D eigenvalue weighted by atomic mass is 10.00. The molecule has 1 amide bonds. The third kappa shape index (κ3) is 3.38. The van der Waals surface area contributed by atoms with Crippen LogP contribution in [0.25, 0.3) is 0 Å². The van der Waals surface area contributed by atoms with Gasteiger partial charge in [0.05, 0.1) is 25.4 Å². The Morgan fingerprint density at radius 1 is 1.28 bits per heavy atom. The molecule has 25 heavy (non-hydrogen) atoms. The van der Waals surface area contributed by atoms with Gasteiger partial charge < -0.3 is 14.4 Å². The number of ether oxygens (including phenoxy) is 2. The van der Waals surface area contributed by atoms with E-state index in [-0.39, 0.29) is 18.2 Å². The van der Waals surface area contributed by atoms with E-state index in [4.69, 9.17) is 9.47 Å². The summed E-state index contributed by atoms with van der Waals surface area (Å²) in [7, 11) is 0. The molecular formula is C21H27NO3. The average Bonchev–Trinajstić information content (AvgIpc) is 3.22. The summed E-state index contributed by atoms with van der Waals surface area (Å²) in [6.07, 6.45) is 6.54. The van der Waals surface area contributed by atoms with Gasteiger partial charge in [-0.15, -0.1) is 6.58 Å². The summed E-state index contributed by atoms with van der Waals surface area (Å²) in [5, 5.41) is 0. The lowest BCUT2D eigenvalue weighted by Crippen LogP contribution is -2.54. The third-order valence-corrected chi connectivity index (χ3v) is 5.88. The highest BCUT2D eigenvalue weighted by atomic mass is 16.5. The number of fused-ring (bicyclic) bond motifs is 2. The molecule has 1 heterocycles. The van der Waals surface area contributed by atoms with E-state index in [9.17, 15) is 4.79 Å². The zero-order valence-electron chi connectivity index (χ0n) is 14.7. The van der Waals surface area contributed by atoms with Crippen LogP contribution in [-0.4, -0.2) is 48.8 Å². The van der Waals surface area contributed by atoms with Gasteiger partial charge in [-0.05, 0) is 42.7 Å². The molecule has 1 aliphatic heterocycles. The molecule has 2 fully saturated rings. The Morgan fingerprint density at radius 3 is 2.76 bits per heavy atom. The van der Waals surface area contributed by atoms with E-state index in [1.807, 2.05) is 0 Å². The molecule has 0 radical (unpaired) electrons. The standard InChI is InChI=1S/C21H27NO3/c1-2-10-24-19-8-7-18-21(19)25-11-9-22(18)20(23)14-15-12-16-5-3-4-6-17(16)13-15/h2-6,15,18-19,21H,1,7-14H2/t18-,19-,21+/m0/s1. The van der Waals surface area contributed by atoms with Crippen LogP contribution in [0.5, 0.6) is 0 Å². The molecule has 1 aromatic rings. The Morgan fingerprint density at radius 2 is 2.04 bits per heavy atom. The minimum absolute atomic E-state index is 0.0263. The maximum Gasteiger partial charge on any atom is 0.223 e. The van der Waals surface area contributed by atoms with Crippen LogP contribution in [0.15, 0.2) is 36.9 Å². The first-order valence-corrected chi connectivity index (χ1v) is 9.46. The van der Waals surface area contributed by atoms with Crippen molar-refractivity contribution in [3.05, 3.63) is 48.0 Å². The smallest absolute Gasteiger partial charge is 0.223 e. The summed E-state index contributed by atoms with van der Waals surface area (Å²) in [6.45, 7) is 5.59. The predicted molar refractivity (Wildman–Crippen MR) is 96.4 cm³/mol. The van der Waals surface area contributed by atoms with Gasteiger partial charge >= 0.3 is 0 Å². The van der Waals surface area contributed by atoms with Crippen LogP contribution < -0.4 is 0 Å². The van der Waals surface area contributed by atoms with Gasteiger partial charge in [0.2, 0.25) is 5.91 Å². The van der Waals surface area contributed by atoms with Crippen molar-refractivity contribution >= 4 is 5.91 Å². The predicted octanol–water partition coefficient (Wildman–Crippen LogP) is 2.75. The second kappa shape index (κ2) is 7.30. The van der Waals surface area contributed by atoms with Crippen LogP contribution in [0.4, 0.5) is 0 Å². The van der Waals surface area contributed by atoms with Crippen LogP contribution in [0, 0.1) is 5.92 Å². The number of hydrogen-bond acceptors (Lipinski definition) is 3. The van der Waals surface area contributed by atoms with E-state index in [2.05, 4.69) is 35.7 Å². The van der Waals surface area contributed by atoms with E-state index in [1.54, 1.807) is 6.08 Å². The molecule has 1 aromatic carbocycles. The van der Waals surface area contributed by atoms with Gasteiger partial charge in [-0.1, -0.05) is 30.3 Å². The molecule has 2 aliphatic carbocycles. The van der Waals surface area contributed by atoms with Crippen LogP contribution in [0.1, 0.15) is 30.4 Å². The van der Waals surface area contributed by atoms with Gasteiger partial charge in [-0.25, -0.2) is 0 Å². The molecule has 1 saturated heterocycles. The normalized spacial score (nSPS) is 28.6. The summed E-state index contributed by atoms with van der Waals surface area (Å²) in [5.41, 5.74) is 2.83. The molecule has 0 aromatic heterocycles. The van der Waals surface area contributed by atoms with Gasteiger partial charge in [0.1, 0.15) is 6.10 Å². The quantitative estimate of drug-likeness (QED) is 0.773. The summed E-state index contributed by atoms with van der Waals surface area (Å²) >= 11 is 0. The minimum atomic E-state index is 0.0263. The van der Waals surface area contributed by atoms with Crippen molar-refractivity contribution in [2.45, 2.75) is 50.4 Å². The third-order valence-electron chi connectivity index (χ3n) is 5.88. The van der Waals surface area contributed by atoms with Crippen molar-refractivity contribution in [2.75, 3.05) is 19.8 Å². The Labute approximate surface area is 149 Å². The van der Waals surface area contributed by atoms with Crippen molar-refractivity contribution in [1.29, 1.82) is 0 Å². The van der Waals surface area contributed by atoms with Crippen molar-refractivity contribution in [3.63, 3.8) is 0 Å². The fraction of sp³-hybridized carbons (Fsp3) is 0.571. The zero-order chi connectivity index (χ0) is 17.2. The number of morpholine rings is 1. The molecule has 134 valence electrons. The lowest BCUT2D eigenvalue weighted by Gasteiger charge is -2.39. The largest absolute Gasteiger partial charge is 0.372 e. The molecule has 0 spiro atoms. The minimum Gasteiger partial charge on any atom is -0.372 e. The molecule has 0 N–H and O–H groups in total. The van der Waals surface area contributed by atoms with Crippen LogP contribution in [0.3, 0.4) is 0 Å². The number of benzene rings is 1. The number of nitrogens with zero attached hydrogens (tertiary/aromatic N) is 1. The Bertz CT molecular complexity index is 619. The highest BCUT2D eigenvalue weighted by Gasteiger charge is 2.45. The Hall–Kier alpha value is -1.65. The highest BCUT2D eigenvalue weighted by molar-refractivity contribution is 5.77. The molecule has 4 nitrogen and oxygen atoms in total. The molecule has 0 unspecified atom stereocenters. The van der Waals surface area contributed by atoms with Crippen molar-refractivity contribution in [1.82, 2.24) is 4.90 Å². The number of rotatable bonds is 5. The van der Waals surface area contributed by atoms with Gasteiger partial charge in [-0.3, -0.25) is 4.79 Å². The lowest BCUT2D eigenvalue weighted by molar-refractivity contribution is -0.151. The molecule has 1 saturated carbocycles. The SMILES string of the molecule is C=CCO[C@H]1CC[C@H]2[C@H]1OCCN2C(=O)CC1Cc2ccccc2C1. The number of carbonyl (C=O) groups is 1. The van der Waals surface area contributed by atoms with E-state index < -0.39 is 0 Å². The van der Waals surface area contributed by atoms with Crippen LogP contribution in [-0.2, 0) is 27.1 Å². The highest BCUT2D eigenvalue weighted by Crippen LogP contribution is 2.34. The van der Waals surface area contributed by atoms with E-state index >= 15 is 0 Å². The fourth-order valence-electron chi connectivity index (χ4n) is 4.75. The summed E-state index contributed by atoms with van der Waals surface area (Å²) in [6, 6.07) is 8.76. The van der Waals surface area contributed by atoms with Gasteiger partial charge in [0.15, 0.2) is 0 Å². The second-order valence-electron chi connectivity index (χ2n) is 7.47. The molecular weight excluding hydrogens is 314 g/mol. The van der Waals surface area contributed by atoms with Crippen molar-refractivity contribution < 1.29 is 14.3 Å². The van der Waals surface area contributed by atoms with Gasteiger partial charge in [0, 0.05) is 13.0 Å². The van der Waals surface area contributed by atoms with E-state index in [0.29, 0.717) is 38.0 Å². The number of amides is 1. The maximum absolute atomic E-state index is 13.0. The second-order valence-corrected chi connectivity index (χ2v) is 7.47. The first-order valence-electron chi connectivity index (χ1n) is 9.46. The van der Waals surface area contributed by atoms with Crippen molar-refractivity contribution in [3.8, 4) is 0 Å². The first kappa shape index (κ1) is 16.8. The Kier molecular flexibility index (Phi) is 4.91. The fourth-order valence-corrected chi connectivity index (χ4v) is 4.75. The van der Waals surface area contributed by atoms with E-state index in [1.165, 1.54) is 11.1 Å². The monoisotopic (exact) mass is 341 g/mol. The number of hydrogen-bond donors (Lipinski definition) is 0. The number of carbonyl (C=O) groups excluding carboxylic acids is 1. The summed E-state index contributed by atoms with van der Waals surface area (Å²) in [4.78, 5) is 15.1. The topological polar surface area (TPSA) is 38.8 Å². The molecule has 4 rings (SSSR count). The van der Waals surface area contributed by atoms with Crippen LogP contribution in [0.2, 0.25) is 0 Å². The molecule has 3 atom stereocenters. The zero-order valence-corrected chi connectivity index (χ0v) is 14.7. The Balaban J connectivity index is 1.37. The maximum atomic E-state index is 13.0. The first-order chi connectivity index (χ1) is 12.3. The molecule has 4 heteroatoms.